The number of amides is 1. The minimum absolute atomic E-state index is 0.108. The number of rotatable bonds is 7. The van der Waals surface area contributed by atoms with E-state index in [1.807, 2.05) is 20.8 Å². The first-order valence-electron chi connectivity index (χ1n) is 6.12. The molecule has 0 fully saturated rings. The van der Waals surface area contributed by atoms with Gasteiger partial charge in [-0.05, 0) is 12.8 Å². The Labute approximate surface area is 103 Å². The van der Waals surface area contributed by atoms with Crippen molar-refractivity contribution in [2.75, 3.05) is 13.1 Å². The Bertz CT molecular complexity index is 268. The number of carbonyl (C=O) groups is 2. The molecule has 0 radical (unpaired) electrons. The van der Waals surface area contributed by atoms with Crippen molar-refractivity contribution in [1.82, 2.24) is 4.90 Å². The summed E-state index contributed by atoms with van der Waals surface area (Å²) in [5.74, 6) is -1.51. The van der Waals surface area contributed by atoms with Crippen molar-refractivity contribution in [3.63, 3.8) is 0 Å². The van der Waals surface area contributed by atoms with E-state index in [9.17, 15) is 9.59 Å². The summed E-state index contributed by atoms with van der Waals surface area (Å²) in [5, 5.41) is 8.83. The van der Waals surface area contributed by atoms with Gasteiger partial charge in [-0.3, -0.25) is 9.59 Å². The largest absolute Gasteiger partial charge is 0.481 e. The van der Waals surface area contributed by atoms with Crippen LogP contribution in [-0.4, -0.2) is 41.0 Å². The molecule has 0 spiro atoms. The number of carboxylic acid groups (broad SMARTS) is 1. The van der Waals surface area contributed by atoms with Gasteiger partial charge in [0.1, 0.15) is 0 Å². The molecule has 0 aromatic rings. The molecule has 0 aromatic carbocycles. The minimum Gasteiger partial charge on any atom is -0.481 e. The Hall–Kier alpha value is -1.10. The van der Waals surface area contributed by atoms with Gasteiger partial charge in [0.2, 0.25) is 5.91 Å². The highest BCUT2D eigenvalue weighted by molar-refractivity contribution is 5.82. The summed E-state index contributed by atoms with van der Waals surface area (Å²) in [7, 11) is 0. The van der Waals surface area contributed by atoms with Crippen LogP contribution >= 0.6 is 0 Å². The summed E-state index contributed by atoms with van der Waals surface area (Å²) in [6.45, 7) is 8.03. The maximum Gasteiger partial charge on any atom is 0.308 e. The fourth-order valence-electron chi connectivity index (χ4n) is 1.49. The van der Waals surface area contributed by atoms with Crippen LogP contribution in [0.15, 0.2) is 0 Å². The van der Waals surface area contributed by atoms with Crippen molar-refractivity contribution in [2.45, 2.75) is 40.2 Å². The highest BCUT2D eigenvalue weighted by atomic mass is 16.4. The molecule has 100 valence electrons. The second kappa shape index (κ2) is 7.27. The van der Waals surface area contributed by atoms with E-state index in [1.165, 1.54) is 4.90 Å². The SMILES string of the molecule is CCC(C)[C@H](N)C(=O)N(CC)CC(C)C(=O)O. The van der Waals surface area contributed by atoms with Gasteiger partial charge in [0, 0.05) is 13.1 Å². The van der Waals surface area contributed by atoms with Crippen LogP contribution in [0.5, 0.6) is 0 Å². The Balaban J connectivity index is 4.55. The quantitative estimate of drug-likeness (QED) is 0.697. The molecule has 2 unspecified atom stereocenters. The van der Waals surface area contributed by atoms with Gasteiger partial charge in [0.05, 0.1) is 12.0 Å². The number of nitrogens with two attached hydrogens (primary N) is 1. The van der Waals surface area contributed by atoms with Crippen LogP contribution < -0.4 is 5.73 Å². The molecule has 0 rings (SSSR count). The smallest absolute Gasteiger partial charge is 0.308 e. The van der Waals surface area contributed by atoms with Gasteiger partial charge >= 0.3 is 5.97 Å². The molecule has 0 aliphatic carbocycles. The topological polar surface area (TPSA) is 83.6 Å². The van der Waals surface area contributed by atoms with Gasteiger partial charge in [-0.2, -0.15) is 0 Å². The normalized spacial score (nSPS) is 16.1. The van der Waals surface area contributed by atoms with E-state index in [2.05, 4.69) is 0 Å². The molecule has 0 saturated heterocycles. The van der Waals surface area contributed by atoms with Crippen molar-refractivity contribution in [3.8, 4) is 0 Å². The van der Waals surface area contributed by atoms with Crippen LogP contribution in [0.3, 0.4) is 0 Å². The summed E-state index contributed by atoms with van der Waals surface area (Å²) in [4.78, 5) is 24.3. The molecule has 0 aliphatic heterocycles. The van der Waals surface area contributed by atoms with Crippen molar-refractivity contribution in [3.05, 3.63) is 0 Å². The molecule has 0 aromatic heterocycles. The Morgan fingerprint density at radius 1 is 1.29 bits per heavy atom. The van der Waals surface area contributed by atoms with E-state index in [-0.39, 0.29) is 18.4 Å². The number of carbonyl (C=O) groups excluding carboxylic acids is 1. The van der Waals surface area contributed by atoms with Crippen LogP contribution in [-0.2, 0) is 9.59 Å². The maximum atomic E-state index is 12.0. The molecule has 0 bridgehead atoms. The molecular formula is C12H24N2O3. The van der Waals surface area contributed by atoms with Crippen LogP contribution in [0.4, 0.5) is 0 Å². The van der Waals surface area contributed by atoms with Gasteiger partial charge in [0.25, 0.3) is 0 Å². The third kappa shape index (κ3) is 4.73. The zero-order chi connectivity index (χ0) is 13.6. The second-order valence-electron chi connectivity index (χ2n) is 4.53. The molecule has 0 saturated carbocycles. The van der Waals surface area contributed by atoms with E-state index >= 15 is 0 Å². The molecule has 0 aliphatic rings. The van der Waals surface area contributed by atoms with Crippen LogP contribution in [0.2, 0.25) is 0 Å². The van der Waals surface area contributed by atoms with E-state index in [1.54, 1.807) is 6.92 Å². The van der Waals surface area contributed by atoms with Gasteiger partial charge in [0.15, 0.2) is 0 Å². The number of carboxylic acids is 1. The van der Waals surface area contributed by atoms with Gasteiger partial charge < -0.3 is 15.7 Å². The summed E-state index contributed by atoms with van der Waals surface area (Å²) >= 11 is 0. The van der Waals surface area contributed by atoms with Gasteiger partial charge in [-0.1, -0.05) is 27.2 Å². The van der Waals surface area contributed by atoms with Crippen molar-refractivity contribution in [1.29, 1.82) is 0 Å². The Morgan fingerprint density at radius 3 is 2.18 bits per heavy atom. The first-order chi connectivity index (χ1) is 7.84. The monoisotopic (exact) mass is 244 g/mol. The van der Waals surface area contributed by atoms with Crippen LogP contribution in [0.25, 0.3) is 0 Å². The van der Waals surface area contributed by atoms with E-state index < -0.39 is 17.9 Å². The molecule has 5 nitrogen and oxygen atoms in total. The van der Waals surface area contributed by atoms with Crippen molar-refractivity contribution < 1.29 is 14.7 Å². The lowest BCUT2D eigenvalue weighted by molar-refractivity contribution is -0.143. The first kappa shape index (κ1) is 15.9. The fourth-order valence-corrected chi connectivity index (χ4v) is 1.49. The van der Waals surface area contributed by atoms with Crippen LogP contribution in [0, 0.1) is 11.8 Å². The average Bonchev–Trinajstić information content (AvgIpc) is 2.32. The molecule has 17 heavy (non-hydrogen) atoms. The third-order valence-electron chi connectivity index (χ3n) is 3.15. The maximum absolute atomic E-state index is 12.0. The zero-order valence-corrected chi connectivity index (χ0v) is 11.1. The average molecular weight is 244 g/mol. The predicted molar refractivity (Wildman–Crippen MR) is 66.5 cm³/mol. The molecule has 5 heteroatoms. The molecule has 0 heterocycles. The van der Waals surface area contributed by atoms with Crippen molar-refractivity contribution in [2.24, 2.45) is 17.6 Å². The molecule has 3 atom stereocenters. The Kier molecular flexibility index (Phi) is 6.80. The standard InChI is InChI=1S/C12H24N2O3/c1-5-8(3)10(13)11(15)14(6-2)7-9(4)12(16)17/h8-10H,5-7,13H2,1-4H3,(H,16,17)/t8?,9?,10-/m0/s1. The van der Waals surface area contributed by atoms with E-state index in [0.717, 1.165) is 6.42 Å². The summed E-state index contributed by atoms with van der Waals surface area (Å²) < 4.78 is 0. The van der Waals surface area contributed by atoms with Gasteiger partial charge in [-0.15, -0.1) is 0 Å². The number of nitrogens with zero attached hydrogens (tertiary/aromatic N) is 1. The lowest BCUT2D eigenvalue weighted by Crippen LogP contribution is -2.48. The third-order valence-corrected chi connectivity index (χ3v) is 3.15. The lowest BCUT2D eigenvalue weighted by atomic mass is 9.98. The Morgan fingerprint density at radius 2 is 1.82 bits per heavy atom. The first-order valence-corrected chi connectivity index (χ1v) is 6.12. The van der Waals surface area contributed by atoms with Crippen molar-refractivity contribution >= 4 is 11.9 Å². The van der Waals surface area contributed by atoms with E-state index in [4.69, 9.17) is 10.8 Å². The number of likely N-dealkylation sites (N-methyl/N-ethyl adjacent to an activating group) is 1. The highest BCUT2D eigenvalue weighted by Gasteiger charge is 2.26. The molecule has 1 amide bonds. The van der Waals surface area contributed by atoms with Gasteiger partial charge in [-0.25, -0.2) is 0 Å². The zero-order valence-electron chi connectivity index (χ0n) is 11.1. The lowest BCUT2D eigenvalue weighted by Gasteiger charge is -2.28. The number of hydrogen-bond donors (Lipinski definition) is 2. The van der Waals surface area contributed by atoms with E-state index in [0.29, 0.717) is 6.54 Å². The highest BCUT2D eigenvalue weighted by Crippen LogP contribution is 2.10. The predicted octanol–water partition coefficient (Wildman–Crippen LogP) is 0.929. The summed E-state index contributed by atoms with van der Waals surface area (Å²) in [6.07, 6.45) is 0.832. The van der Waals surface area contributed by atoms with Crippen LogP contribution in [0.1, 0.15) is 34.1 Å². The number of hydrogen-bond acceptors (Lipinski definition) is 3. The fraction of sp³-hybridized carbons (Fsp3) is 0.833. The minimum atomic E-state index is -0.895. The summed E-state index contributed by atoms with van der Waals surface area (Å²) in [5.41, 5.74) is 5.86. The molecule has 3 N–H and O–H groups in total. The molecular weight excluding hydrogens is 220 g/mol. The second-order valence-corrected chi connectivity index (χ2v) is 4.53. The number of aliphatic carboxylic acids is 1. The summed E-state index contributed by atoms with van der Waals surface area (Å²) in [6, 6.07) is -0.541.